The summed E-state index contributed by atoms with van der Waals surface area (Å²) in [5.74, 6) is -15.1. The third-order valence-electron chi connectivity index (χ3n) is 8.38. The minimum Gasteiger partial charge on any atom is -0.508 e. The lowest BCUT2D eigenvalue weighted by molar-refractivity contribution is -0.276. The van der Waals surface area contributed by atoms with Gasteiger partial charge in [-0.15, -0.1) is 0 Å². The van der Waals surface area contributed by atoms with Crippen molar-refractivity contribution in [2.24, 2.45) is 0 Å². The molecule has 0 amide bonds. The van der Waals surface area contributed by atoms with E-state index in [1.54, 1.807) is 0 Å². The second-order valence-corrected chi connectivity index (χ2v) is 12.1. The molecule has 4 aromatic carbocycles. The number of esters is 2. The fourth-order valence-corrected chi connectivity index (χ4v) is 5.64. The number of phenols is 11. The highest BCUT2D eigenvalue weighted by Crippen LogP contribution is 2.44. The van der Waals surface area contributed by atoms with E-state index in [4.69, 9.17) is 23.4 Å². The quantitative estimate of drug-likeness (QED) is 0.0774. The molecule has 5 atom stereocenters. The fraction of sp³-hybridized carbons (Fsp3) is 0.171. The zero-order valence-electron chi connectivity index (χ0n) is 27.8. The first-order chi connectivity index (χ1) is 26.4. The maximum atomic E-state index is 14.1. The standard InChI is InChI=1S/C35H28O21/c36-9-22-27(48)30(54-33(50)11-3-17(41)25(46)18(42)4-11)32(55-34(51)12-5-19(43)26(47)20(44)6-12)35(53-22)56-31-28(49)23-14(38)7-13(37)8-21(23)52-29(31)10-1-15(39)24(45)16(40)2-10/h1-8,22,27,30,32,35-48H,9H2/t22-,27+,30+,32-,35+/m1/s1. The van der Waals surface area contributed by atoms with E-state index >= 15 is 0 Å². The van der Waals surface area contributed by atoms with Gasteiger partial charge in [0.2, 0.25) is 23.6 Å². The van der Waals surface area contributed by atoms with Gasteiger partial charge >= 0.3 is 11.9 Å². The number of aromatic hydroxyl groups is 11. The molecule has 1 aliphatic rings. The first-order valence-electron chi connectivity index (χ1n) is 15.7. The predicted molar refractivity (Wildman–Crippen MR) is 180 cm³/mol. The topological polar surface area (TPSA) is 364 Å². The lowest BCUT2D eigenvalue weighted by atomic mass is 9.98. The molecule has 5 aromatic rings. The van der Waals surface area contributed by atoms with E-state index in [1.165, 1.54) is 0 Å². The SMILES string of the molecule is O=C(O[C@H]1[C@H](Oc2c(-c3cc(O)c(O)c(O)c3)oc3cc(O)cc(O)c3c2=O)O[C@H](CO)[C@H](O)[C@@H]1OC(=O)c1cc(O)c(O)c(O)c1)c1cc(O)c(O)c(O)c1. The Bertz CT molecular complexity index is 2390. The lowest BCUT2D eigenvalue weighted by Gasteiger charge is -2.42. The summed E-state index contributed by atoms with van der Waals surface area (Å²) >= 11 is 0. The third kappa shape index (κ3) is 6.86. The summed E-state index contributed by atoms with van der Waals surface area (Å²) in [5, 5.41) is 131. The maximum Gasteiger partial charge on any atom is 0.339 e. The van der Waals surface area contributed by atoms with Crippen LogP contribution in [0.3, 0.4) is 0 Å². The maximum absolute atomic E-state index is 14.1. The van der Waals surface area contributed by atoms with Gasteiger partial charge in [-0.25, -0.2) is 9.59 Å². The summed E-state index contributed by atoms with van der Waals surface area (Å²) in [6, 6.07) is 5.75. The number of rotatable bonds is 8. The Morgan fingerprint density at radius 2 is 1.09 bits per heavy atom. The van der Waals surface area contributed by atoms with E-state index in [-0.39, 0.29) is 0 Å². The minimum absolute atomic E-state index is 0.414. The number of hydrogen-bond donors (Lipinski definition) is 13. The molecule has 0 bridgehead atoms. The fourth-order valence-electron chi connectivity index (χ4n) is 5.64. The van der Waals surface area contributed by atoms with Crippen LogP contribution in [-0.4, -0.2) is 116 Å². The van der Waals surface area contributed by atoms with Gasteiger partial charge in [0, 0.05) is 17.7 Å². The van der Waals surface area contributed by atoms with Crippen LogP contribution in [0.1, 0.15) is 20.7 Å². The highest BCUT2D eigenvalue weighted by atomic mass is 16.7. The van der Waals surface area contributed by atoms with Gasteiger partial charge in [-0.05, 0) is 36.4 Å². The van der Waals surface area contributed by atoms with Crippen molar-refractivity contribution in [3.05, 3.63) is 69.9 Å². The summed E-state index contributed by atoms with van der Waals surface area (Å²) in [6.45, 7) is -1.09. The van der Waals surface area contributed by atoms with Gasteiger partial charge in [-0.3, -0.25) is 4.79 Å². The minimum atomic E-state index is -2.30. The van der Waals surface area contributed by atoms with Crippen molar-refractivity contribution in [3.8, 4) is 80.3 Å². The van der Waals surface area contributed by atoms with Gasteiger partial charge in [0.05, 0.1) is 17.7 Å². The highest BCUT2D eigenvalue weighted by molar-refractivity contribution is 5.92. The van der Waals surface area contributed by atoms with Crippen molar-refractivity contribution in [2.45, 2.75) is 30.7 Å². The monoisotopic (exact) mass is 784 g/mol. The van der Waals surface area contributed by atoms with E-state index in [9.17, 15) is 80.8 Å². The van der Waals surface area contributed by atoms with Crippen LogP contribution in [0.15, 0.2) is 57.7 Å². The van der Waals surface area contributed by atoms with Gasteiger partial charge in [0.1, 0.15) is 34.7 Å². The summed E-state index contributed by atoms with van der Waals surface area (Å²) in [7, 11) is 0. The summed E-state index contributed by atoms with van der Waals surface area (Å²) in [4.78, 5) is 40.9. The number of carbonyl (C=O) groups excluding carboxylic acids is 2. The number of benzene rings is 4. The average Bonchev–Trinajstić information content (AvgIpc) is 3.13. The molecule has 2 heterocycles. The van der Waals surface area contributed by atoms with Crippen LogP contribution in [0, 0.1) is 0 Å². The van der Waals surface area contributed by atoms with Gasteiger partial charge in [-0.1, -0.05) is 0 Å². The molecule has 1 aliphatic heterocycles. The summed E-state index contributed by atoms with van der Waals surface area (Å²) in [5.41, 5.74) is -3.53. The second-order valence-electron chi connectivity index (χ2n) is 12.1. The van der Waals surface area contributed by atoms with E-state index in [2.05, 4.69) is 0 Å². The Kier molecular flexibility index (Phi) is 9.83. The Morgan fingerprint density at radius 3 is 1.57 bits per heavy atom. The lowest BCUT2D eigenvalue weighted by Crippen LogP contribution is -2.62. The van der Waals surface area contributed by atoms with Crippen molar-refractivity contribution in [1.29, 1.82) is 0 Å². The first kappa shape index (κ1) is 38.2. The number of phenolic OH excluding ortho intramolecular Hbond substituents is 11. The van der Waals surface area contributed by atoms with Gasteiger partial charge in [0.25, 0.3) is 0 Å². The van der Waals surface area contributed by atoms with Gasteiger partial charge in [-0.2, -0.15) is 0 Å². The van der Waals surface area contributed by atoms with E-state index in [0.717, 1.165) is 24.3 Å². The molecule has 1 aromatic heterocycles. The Morgan fingerprint density at radius 1 is 0.625 bits per heavy atom. The zero-order chi connectivity index (χ0) is 40.9. The highest BCUT2D eigenvalue weighted by Gasteiger charge is 2.52. The number of fused-ring (bicyclic) bond motifs is 1. The molecule has 294 valence electrons. The molecule has 0 radical (unpaired) electrons. The van der Waals surface area contributed by atoms with E-state index < -0.39 is 157 Å². The van der Waals surface area contributed by atoms with Crippen molar-refractivity contribution < 1.29 is 99.3 Å². The molecule has 1 fully saturated rings. The molecular formula is C35H28O21. The Labute approximate surface area is 309 Å². The van der Waals surface area contributed by atoms with Crippen molar-refractivity contribution in [3.63, 3.8) is 0 Å². The van der Waals surface area contributed by atoms with Crippen LogP contribution in [0.25, 0.3) is 22.3 Å². The third-order valence-corrected chi connectivity index (χ3v) is 8.38. The van der Waals surface area contributed by atoms with Crippen LogP contribution in [-0.2, 0) is 14.2 Å². The van der Waals surface area contributed by atoms with Crippen molar-refractivity contribution in [2.75, 3.05) is 6.61 Å². The normalized spacial score (nSPS) is 19.4. The first-order valence-corrected chi connectivity index (χ1v) is 15.7. The average molecular weight is 785 g/mol. The molecular weight excluding hydrogens is 756 g/mol. The predicted octanol–water partition coefficient (Wildman–Crippen LogP) is 1.13. The molecule has 0 aliphatic carbocycles. The summed E-state index contributed by atoms with van der Waals surface area (Å²) in [6.07, 6.45) is -10.7. The smallest absolute Gasteiger partial charge is 0.339 e. The van der Waals surface area contributed by atoms with Crippen LogP contribution < -0.4 is 10.2 Å². The number of ether oxygens (including phenoxy) is 4. The van der Waals surface area contributed by atoms with Crippen LogP contribution in [0.5, 0.6) is 69.0 Å². The largest absolute Gasteiger partial charge is 0.508 e. The van der Waals surface area contributed by atoms with E-state index in [1.807, 2.05) is 0 Å². The van der Waals surface area contributed by atoms with Crippen LogP contribution in [0.2, 0.25) is 0 Å². The molecule has 13 N–H and O–H groups in total. The van der Waals surface area contributed by atoms with Crippen LogP contribution >= 0.6 is 0 Å². The molecule has 6 rings (SSSR count). The zero-order valence-corrected chi connectivity index (χ0v) is 27.8. The van der Waals surface area contributed by atoms with Gasteiger partial charge in [0.15, 0.2) is 63.6 Å². The van der Waals surface area contributed by atoms with E-state index in [0.29, 0.717) is 24.3 Å². The number of aliphatic hydroxyl groups excluding tert-OH is 2. The van der Waals surface area contributed by atoms with Crippen molar-refractivity contribution in [1.82, 2.24) is 0 Å². The molecule has 0 saturated carbocycles. The molecule has 0 spiro atoms. The number of carbonyl (C=O) groups is 2. The van der Waals surface area contributed by atoms with Gasteiger partial charge < -0.3 is 89.7 Å². The molecule has 1 saturated heterocycles. The van der Waals surface area contributed by atoms with Crippen LogP contribution in [0.4, 0.5) is 0 Å². The summed E-state index contributed by atoms with van der Waals surface area (Å²) < 4.78 is 28.2. The molecule has 21 nitrogen and oxygen atoms in total. The van der Waals surface area contributed by atoms with Crippen molar-refractivity contribution >= 4 is 22.9 Å². The Balaban J connectivity index is 1.53. The number of hydrogen-bond acceptors (Lipinski definition) is 21. The molecule has 0 unspecified atom stereocenters. The molecule has 56 heavy (non-hydrogen) atoms. The Hall–Kier alpha value is -7.49. The second kappa shape index (κ2) is 14.4. The number of aliphatic hydroxyl groups is 2. The molecule has 21 heteroatoms.